The van der Waals surface area contributed by atoms with Crippen molar-refractivity contribution in [2.24, 2.45) is 4.99 Å². The van der Waals surface area contributed by atoms with Crippen molar-refractivity contribution in [1.82, 2.24) is 10.6 Å². The van der Waals surface area contributed by atoms with Crippen molar-refractivity contribution in [3.63, 3.8) is 0 Å². The average Bonchev–Trinajstić information content (AvgIpc) is 3.07. The number of aliphatic imine (C=N–C) groups is 1. The van der Waals surface area contributed by atoms with Gasteiger partial charge < -0.3 is 16.0 Å². The average molecular weight is 537 g/mol. The summed E-state index contributed by atoms with van der Waals surface area (Å²) in [7, 11) is 0. The summed E-state index contributed by atoms with van der Waals surface area (Å²) < 4.78 is 0.932. The Bertz CT molecular complexity index is 707. The van der Waals surface area contributed by atoms with Crippen LogP contribution < -0.4 is 16.0 Å². The number of thiophene rings is 1. The lowest BCUT2D eigenvalue weighted by Crippen LogP contribution is -2.41. The smallest absolute Gasteiger partial charge is 0.243 e. The van der Waals surface area contributed by atoms with Crippen LogP contribution in [0.4, 0.5) is 5.69 Å². The molecule has 0 saturated heterocycles. The van der Waals surface area contributed by atoms with Crippen molar-refractivity contribution in [2.45, 2.75) is 20.4 Å². The predicted octanol–water partition coefficient (Wildman–Crippen LogP) is 4.13. The standard InChI is InChI=1S/C17H21BrN4OS.HI/c1-3-19-17(20-9-13-6-7-24-11-13)21-10-16(23)22-15-8-14(18)5-4-12(15)2;/h4-8,11H,3,9-10H2,1-2H3,(H,22,23)(H2,19,20,21);1H. The molecule has 0 bridgehead atoms. The number of nitrogens with zero attached hydrogens (tertiary/aromatic N) is 1. The fraction of sp³-hybridized carbons (Fsp3) is 0.294. The number of hydrogen-bond donors (Lipinski definition) is 3. The van der Waals surface area contributed by atoms with E-state index < -0.39 is 0 Å². The summed E-state index contributed by atoms with van der Waals surface area (Å²) >= 11 is 5.06. The van der Waals surface area contributed by atoms with E-state index in [0.29, 0.717) is 12.5 Å². The Kier molecular flexibility index (Phi) is 10.1. The summed E-state index contributed by atoms with van der Waals surface area (Å²) in [5.41, 5.74) is 2.98. The lowest BCUT2D eigenvalue weighted by Gasteiger charge is -2.12. The number of hydrogen-bond acceptors (Lipinski definition) is 3. The molecule has 136 valence electrons. The van der Waals surface area contributed by atoms with Crippen LogP contribution in [0.25, 0.3) is 0 Å². The van der Waals surface area contributed by atoms with Crippen molar-refractivity contribution in [3.05, 3.63) is 50.6 Å². The minimum atomic E-state index is -0.114. The summed E-state index contributed by atoms with van der Waals surface area (Å²) in [4.78, 5) is 16.6. The maximum Gasteiger partial charge on any atom is 0.243 e. The number of aryl methyl sites for hydroxylation is 1. The highest BCUT2D eigenvalue weighted by Gasteiger charge is 2.07. The van der Waals surface area contributed by atoms with Crippen molar-refractivity contribution in [1.29, 1.82) is 0 Å². The van der Waals surface area contributed by atoms with Gasteiger partial charge >= 0.3 is 0 Å². The lowest BCUT2D eigenvalue weighted by molar-refractivity contribution is -0.115. The van der Waals surface area contributed by atoms with Crippen LogP contribution >= 0.6 is 51.2 Å². The van der Waals surface area contributed by atoms with Crippen LogP contribution in [0.1, 0.15) is 18.1 Å². The van der Waals surface area contributed by atoms with Crippen molar-refractivity contribution >= 4 is 68.8 Å². The maximum atomic E-state index is 12.1. The van der Waals surface area contributed by atoms with Crippen molar-refractivity contribution < 1.29 is 4.79 Å². The van der Waals surface area contributed by atoms with Crippen molar-refractivity contribution in [3.8, 4) is 0 Å². The first kappa shape index (κ1) is 21.9. The molecule has 1 aromatic heterocycles. The summed E-state index contributed by atoms with van der Waals surface area (Å²) in [6, 6.07) is 7.84. The third-order valence-electron chi connectivity index (χ3n) is 3.23. The predicted molar refractivity (Wildman–Crippen MR) is 120 cm³/mol. The molecule has 1 heterocycles. The third-order valence-corrected chi connectivity index (χ3v) is 4.46. The molecule has 2 aromatic rings. The van der Waals surface area contributed by atoms with E-state index in [1.165, 1.54) is 0 Å². The quantitative estimate of drug-likeness (QED) is 0.295. The van der Waals surface area contributed by atoms with Gasteiger partial charge in [-0.05, 0) is 53.9 Å². The molecule has 0 fully saturated rings. The Hall–Kier alpha value is -1.13. The minimum absolute atomic E-state index is 0. The first-order valence-electron chi connectivity index (χ1n) is 7.67. The molecule has 3 N–H and O–H groups in total. The van der Waals surface area contributed by atoms with Crippen LogP contribution in [0.15, 0.2) is 44.5 Å². The number of benzene rings is 1. The molecular weight excluding hydrogens is 515 g/mol. The highest BCUT2D eigenvalue weighted by atomic mass is 127. The Balaban J connectivity index is 0.00000312. The lowest BCUT2D eigenvalue weighted by atomic mass is 10.2. The van der Waals surface area contributed by atoms with Gasteiger partial charge in [0, 0.05) is 16.7 Å². The number of carbonyl (C=O) groups is 1. The molecule has 0 spiro atoms. The largest absolute Gasteiger partial charge is 0.357 e. The molecule has 0 unspecified atom stereocenters. The summed E-state index contributed by atoms with van der Waals surface area (Å²) in [5, 5.41) is 13.2. The molecule has 8 heteroatoms. The number of anilines is 1. The van der Waals surface area contributed by atoms with Crippen LogP contribution in [-0.2, 0) is 11.3 Å². The van der Waals surface area contributed by atoms with Gasteiger partial charge in [-0.3, -0.25) is 4.79 Å². The third kappa shape index (κ3) is 7.74. The summed E-state index contributed by atoms with van der Waals surface area (Å²) in [6.07, 6.45) is 0. The zero-order valence-corrected chi connectivity index (χ0v) is 18.9. The number of nitrogens with one attached hydrogen (secondary N) is 3. The number of carbonyl (C=O) groups excluding carboxylic acids is 1. The van der Waals surface area contributed by atoms with Gasteiger partial charge in [-0.25, -0.2) is 4.99 Å². The van der Waals surface area contributed by atoms with Crippen LogP contribution in [0.3, 0.4) is 0 Å². The van der Waals surface area contributed by atoms with Gasteiger partial charge in [-0.1, -0.05) is 22.0 Å². The van der Waals surface area contributed by atoms with Gasteiger partial charge in [0.25, 0.3) is 0 Å². The zero-order valence-electron chi connectivity index (χ0n) is 14.1. The SMILES string of the molecule is CCNC(=NCc1ccsc1)NCC(=O)Nc1cc(Br)ccc1C.I. The first-order chi connectivity index (χ1) is 11.6. The summed E-state index contributed by atoms with van der Waals surface area (Å²) in [6.45, 7) is 5.43. The second kappa shape index (κ2) is 11.5. The summed E-state index contributed by atoms with van der Waals surface area (Å²) in [5.74, 6) is 0.516. The van der Waals surface area contributed by atoms with Gasteiger partial charge in [0.1, 0.15) is 0 Å². The first-order valence-corrected chi connectivity index (χ1v) is 9.41. The minimum Gasteiger partial charge on any atom is -0.357 e. The maximum absolute atomic E-state index is 12.1. The molecular formula is C17H22BrIN4OS. The van der Waals surface area contributed by atoms with Crippen molar-refractivity contribution in [2.75, 3.05) is 18.4 Å². The topological polar surface area (TPSA) is 65.5 Å². The van der Waals surface area contributed by atoms with Crippen LogP contribution in [0, 0.1) is 6.92 Å². The molecule has 5 nitrogen and oxygen atoms in total. The highest BCUT2D eigenvalue weighted by Crippen LogP contribution is 2.20. The Morgan fingerprint density at radius 3 is 2.76 bits per heavy atom. The van der Waals surface area contributed by atoms with E-state index in [1.807, 2.05) is 43.5 Å². The fourth-order valence-corrected chi connectivity index (χ4v) is 3.00. The Morgan fingerprint density at radius 2 is 2.08 bits per heavy atom. The Labute approximate surface area is 177 Å². The number of amides is 1. The van der Waals surface area contributed by atoms with Crippen LogP contribution in [0.5, 0.6) is 0 Å². The van der Waals surface area contributed by atoms with E-state index in [-0.39, 0.29) is 36.4 Å². The van der Waals surface area contributed by atoms with E-state index in [2.05, 4.69) is 42.3 Å². The van der Waals surface area contributed by atoms with Gasteiger partial charge in [0.2, 0.25) is 5.91 Å². The second-order valence-corrected chi connectivity index (χ2v) is 6.88. The van der Waals surface area contributed by atoms with E-state index in [9.17, 15) is 4.79 Å². The van der Waals surface area contributed by atoms with Gasteiger partial charge in [0.05, 0.1) is 13.1 Å². The van der Waals surface area contributed by atoms with E-state index >= 15 is 0 Å². The van der Waals surface area contributed by atoms with E-state index in [1.54, 1.807) is 11.3 Å². The molecule has 25 heavy (non-hydrogen) atoms. The molecule has 1 aromatic carbocycles. The van der Waals surface area contributed by atoms with Crippen LogP contribution in [-0.4, -0.2) is 25.0 Å². The molecule has 0 saturated carbocycles. The van der Waals surface area contributed by atoms with Crippen LogP contribution in [0.2, 0.25) is 0 Å². The van der Waals surface area contributed by atoms with Gasteiger partial charge in [-0.2, -0.15) is 11.3 Å². The number of halogens is 2. The van der Waals surface area contributed by atoms with E-state index in [4.69, 9.17) is 0 Å². The second-order valence-electron chi connectivity index (χ2n) is 5.19. The molecule has 0 aliphatic carbocycles. The molecule has 0 aliphatic rings. The number of guanidine groups is 1. The van der Waals surface area contributed by atoms with Gasteiger partial charge in [-0.15, -0.1) is 24.0 Å². The monoisotopic (exact) mass is 536 g/mol. The molecule has 2 rings (SSSR count). The highest BCUT2D eigenvalue weighted by molar-refractivity contribution is 14.0. The normalized spacial score (nSPS) is 10.8. The molecule has 1 amide bonds. The number of rotatable bonds is 6. The fourth-order valence-electron chi connectivity index (χ4n) is 1.98. The molecule has 0 atom stereocenters. The Morgan fingerprint density at radius 1 is 1.28 bits per heavy atom. The molecule has 0 aliphatic heterocycles. The molecule has 0 radical (unpaired) electrons. The van der Waals surface area contributed by atoms with Gasteiger partial charge in [0.15, 0.2) is 5.96 Å². The zero-order chi connectivity index (χ0) is 17.4. The van der Waals surface area contributed by atoms with E-state index in [0.717, 1.165) is 27.8 Å².